The summed E-state index contributed by atoms with van der Waals surface area (Å²) in [7, 11) is 0. The third-order valence-electron chi connectivity index (χ3n) is 6.11. The molecule has 2 heterocycles. The highest BCUT2D eigenvalue weighted by molar-refractivity contribution is 6.09. The summed E-state index contributed by atoms with van der Waals surface area (Å²) in [5.74, 6) is -0.487. The topological polar surface area (TPSA) is 78.5 Å². The lowest BCUT2D eigenvalue weighted by Gasteiger charge is -2.22. The van der Waals surface area contributed by atoms with Crippen LogP contribution in [0.4, 0.5) is 10.5 Å². The summed E-state index contributed by atoms with van der Waals surface area (Å²) in [5, 5.41) is 4.89. The molecule has 5 rings (SSSR count). The van der Waals surface area contributed by atoms with E-state index in [0.717, 1.165) is 23.2 Å². The number of hydrogen-bond donors (Lipinski definition) is 2. The van der Waals surface area contributed by atoms with Gasteiger partial charge in [-0.25, -0.2) is 4.79 Å². The summed E-state index contributed by atoms with van der Waals surface area (Å²) < 4.78 is 0. The van der Waals surface area contributed by atoms with Gasteiger partial charge in [-0.3, -0.25) is 14.9 Å². The molecule has 1 unspecified atom stereocenters. The summed E-state index contributed by atoms with van der Waals surface area (Å²) in [6.07, 6.45) is 0.800. The van der Waals surface area contributed by atoms with Gasteiger partial charge in [-0.1, -0.05) is 54.6 Å². The first-order chi connectivity index (χ1) is 15.0. The summed E-state index contributed by atoms with van der Waals surface area (Å²) >= 11 is 0. The Hall–Kier alpha value is -3.93. The Kier molecular flexibility index (Phi) is 4.36. The number of nitrogens with zero attached hydrogens (tertiary/aromatic N) is 1. The molecule has 2 aliphatic rings. The molecule has 0 saturated carbocycles. The zero-order valence-electron chi connectivity index (χ0n) is 17.0. The van der Waals surface area contributed by atoms with E-state index in [2.05, 4.69) is 28.8 Å². The fourth-order valence-electron chi connectivity index (χ4n) is 4.38. The second-order valence-corrected chi connectivity index (χ2v) is 7.99. The van der Waals surface area contributed by atoms with Gasteiger partial charge in [0.2, 0.25) is 0 Å². The standard InChI is InChI=1S/C25H21N3O3/c1-25(23(30)26-24(31)27-25)18-12-10-17(11-13-18)22(29)28-15-14-20-19(8-5-9-21(20)28)16-6-3-2-4-7-16/h2-13H,14-15H2,1H3,(H2,26,27,30,31). The van der Waals surface area contributed by atoms with Crippen molar-refractivity contribution in [3.63, 3.8) is 0 Å². The zero-order chi connectivity index (χ0) is 21.6. The second-order valence-electron chi connectivity index (χ2n) is 7.99. The predicted octanol–water partition coefficient (Wildman–Crippen LogP) is 3.61. The van der Waals surface area contributed by atoms with E-state index >= 15 is 0 Å². The van der Waals surface area contributed by atoms with Crippen LogP contribution in [0.2, 0.25) is 0 Å². The van der Waals surface area contributed by atoms with Gasteiger partial charge in [0, 0.05) is 17.8 Å². The lowest BCUT2D eigenvalue weighted by Crippen LogP contribution is -2.40. The van der Waals surface area contributed by atoms with Crippen LogP contribution < -0.4 is 15.5 Å². The van der Waals surface area contributed by atoms with E-state index in [1.165, 1.54) is 5.56 Å². The first-order valence-electron chi connectivity index (χ1n) is 10.2. The molecule has 1 fully saturated rings. The summed E-state index contributed by atoms with van der Waals surface area (Å²) in [4.78, 5) is 38.8. The van der Waals surface area contributed by atoms with Crippen LogP contribution in [0.15, 0.2) is 72.8 Å². The number of carbonyl (C=O) groups is 3. The summed E-state index contributed by atoms with van der Waals surface area (Å²) in [6.45, 7) is 2.27. The van der Waals surface area contributed by atoms with Crippen molar-refractivity contribution in [1.82, 2.24) is 10.6 Å². The van der Waals surface area contributed by atoms with Gasteiger partial charge in [-0.05, 0) is 53.8 Å². The molecular weight excluding hydrogens is 390 g/mol. The third-order valence-corrected chi connectivity index (χ3v) is 6.11. The molecule has 3 aromatic carbocycles. The van der Waals surface area contributed by atoms with Crippen LogP contribution >= 0.6 is 0 Å². The van der Waals surface area contributed by atoms with Crippen molar-refractivity contribution < 1.29 is 14.4 Å². The molecule has 0 bridgehead atoms. The van der Waals surface area contributed by atoms with Crippen molar-refractivity contribution in [2.24, 2.45) is 0 Å². The molecule has 1 atom stereocenters. The predicted molar refractivity (Wildman–Crippen MR) is 118 cm³/mol. The van der Waals surface area contributed by atoms with Crippen LogP contribution in [-0.2, 0) is 16.8 Å². The number of amides is 4. The molecule has 1 saturated heterocycles. The van der Waals surface area contributed by atoms with E-state index in [0.29, 0.717) is 17.7 Å². The van der Waals surface area contributed by atoms with Crippen molar-refractivity contribution >= 4 is 23.5 Å². The number of anilines is 1. The Bertz CT molecular complexity index is 1200. The number of carbonyl (C=O) groups excluding carboxylic acids is 3. The van der Waals surface area contributed by atoms with Gasteiger partial charge < -0.3 is 10.2 Å². The fourth-order valence-corrected chi connectivity index (χ4v) is 4.38. The normalized spacial score (nSPS) is 19.7. The van der Waals surface area contributed by atoms with E-state index in [1.807, 2.05) is 35.2 Å². The molecule has 2 N–H and O–H groups in total. The van der Waals surface area contributed by atoms with Crippen molar-refractivity contribution in [2.45, 2.75) is 18.9 Å². The van der Waals surface area contributed by atoms with Crippen molar-refractivity contribution in [3.05, 3.63) is 89.5 Å². The summed E-state index contributed by atoms with van der Waals surface area (Å²) in [6, 6.07) is 22.6. The third kappa shape index (κ3) is 3.08. The minimum atomic E-state index is -1.14. The molecule has 0 spiro atoms. The van der Waals surface area contributed by atoms with E-state index in [4.69, 9.17) is 0 Å². The largest absolute Gasteiger partial charge is 0.322 e. The molecule has 3 aromatic rings. The maximum absolute atomic E-state index is 13.3. The zero-order valence-corrected chi connectivity index (χ0v) is 17.0. The highest BCUT2D eigenvalue weighted by atomic mass is 16.2. The maximum atomic E-state index is 13.3. The van der Waals surface area contributed by atoms with E-state index < -0.39 is 17.5 Å². The smallest absolute Gasteiger partial charge is 0.320 e. The van der Waals surface area contributed by atoms with Crippen LogP contribution in [0, 0.1) is 0 Å². The van der Waals surface area contributed by atoms with Crippen molar-refractivity contribution in [3.8, 4) is 11.1 Å². The van der Waals surface area contributed by atoms with E-state index in [9.17, 15) is 14.4 Å². The quantitative estimate of drug-likeness (QED) is 0.647. The molecule has 0 radical (unpaired) electrons. The minimum absolute atomic E-state index is 0.0828. The Morgan fingerprint density at radius 2 is 1.68 bits per heavy atom. The van der Waals surface area contributed by atoms with Gasteiger partial charge in [0.1, 0.15) is 5.54 Å². The van der Waals surface area contributed by atoms with Gasteiger partial charge in [0.25, 0.3) is 11.8 Å². The van der Waals surface area contributed by atoms with Crippen LogP contribution in [0.1, 0.15) is 28.4 Å². The molecule has 0 aromatic heterocycles. The lowest BCUT2D eigenvalue weighted by atomic mass is 9.91. The average Bonchev–Trinajstić information content (AvgIpc) is 3.34. The molecule has 4 amide bonds. The number of urea groups is 1. The van der Waals surface area contributed by atoms with Crippen LogP contribution in [0.25, 0.3) is 11.1 Å². The Labute approximate surface area is 179 Å². The second kappa shape index (κ2) is 7.09. The Balaban J connectivity index is 1.43. The van der Waals surface area contributed by atoms with Gasteiger partial charge >= 0.3 is 6.03 Å². The fraction of sp³-hybridized carbons (Fsp3) is 0.160. The van der Waals surface area contributed by atoms with Crippen molar-refractivity contribution in [1.29, 1.82) is 0 Å². The van der Waals surface area contributed by atoms with E-state index in [-0.39, 0.29) is 5.91 Å². The van der Waals surface area contributed by atoms with Crippen LogP contribution in [-0.4, -0.2) is 24.4 Å². The molecule has 31 heavy (non-hydrogen) atoms. The van der Waals surface area contributed by atoms with Crippen LogP contribution in [0.5, 0.6) is 0 Å². The molecular formula is C25H21N3O3. The number of fused-ring (bicyclic) bond motifs is 1. The Morgan fingerprint density at radius 1 is 0.935 bits per heavy atom. The number of hydrogen-bond acceptors (Lipinski definition) is 3. The first kappa shape index (κ1) is 19.1. The summed E-state index contributed by atoms with van der Waals surface area (Å²) in [5.41, 5.74) is 4.43. The van der Waals surface area contributed by atoms with E-state index in [1.54, 1.807) is 31.2 Å². The van der Waals surface area contributed by atoms with Crippen molar-refractivity contribution in [2.75, 3.05) is 11.4 Å². The Morgan fingerprint density at radius 3 is 2.35 bits per heavy atom. The number of rotatable bonds is 3. The minimum Gasteiger partial charge on any atom is -0.320 e. The number of benzene rings is 3. The van der Waals surface area contributed by atoms with Gasteiger partial charge in [0.05, 0.1) is 0 Å². The van der Waals surface area contributed by atoms with Gasteiger partial charge in [-0.15, -0.1) is 0 Å². The molecule has 0 aliphatic carbocycles. The molecule has 154 valence electrons. The average molecular weight is 411 g/mol. The molecule has 6 heteroatoms. The first-order valence-corrected chi connectivity index (χ1v) is 10.2. The van der Waals surface area contributed by atoms with Gasteiger partial charge in [-0.2, -0.15) is 0 Å². The highest BCUT2D eigenvalue weighted by Gasteiger charge is 2.43. The molecule has 6 nitrogen and oxygen atoms in total. The lowest BCUT2D eigenvalue weighted by molar-refractivity contribution is -0.123. The monoisotopic (exact) mass is 411 g/mol. The number of nitrogens with one attached hydrogen (secondary N) is 2. The van der Waals surface area contributed by atoms with Gasteiger partial charge in [0.15, 0.2) is 0 Å². The SMILES string of the molecule is CC1(c2ccc(C(=O)N3CCc4c(-c5ccccc5)cccc43)cc2)NC(=O)NC1=O. The molecule has 2 aliphatic heterocycles. The van der Waals surface area contributed by atoms with Crippen LogP contribution in [0.3, 0.4) is 0 Å². The number of imide groups is 1. The maximum Gasteiger partial charge on any atom is 0.322 e. The highest BCUT2D eigenvalue weighted by Crippen LogP contribution is 2.37.